The van der Waals surface area contributed by atoms with Crippen LogP contribution in [0.25, 0.3) is 0 Å². The Morgan fingerprint density at radius 1 is 1.00 bits per heavy atom. The molecule has 1 nitrogen and oxygen atoms in total. The fraction of sp³-hybridized carbons (Fsp3) is 0.947. The van der Waals surface area contributed by atoms with Gasteiger partial charge in [-0.1, -0.05) is 26.7 Å². The smallest absolute Gasteiger partial charge is 0.173 e. The summed E-state index contributed by atoms with van der Waals surface area (Å²) in [6.45, 7) is 4.60. The van der Waals surface area contributed by atoms with E-state index < -0.39 is 6.17 Å². The van der Waals surface area contributed by atoms with Gasteiger partial charge >= 0.3 is 0 Å². The van der Waals surface area contributed by atoms with Gasteiger partial charge in [-0.25, -0.2) is 4.39 Å². The summed E-state index contributed by atoms with van der Waals surface area (Å²) in [4.78, 5) is 12.3. The van der Waals surface area contributed by atoms with E-state index in [1.54, 1.807) is 0 Å². The van der Waals surface area contributed by atoms with Crippen molar-refractivity contribution in [2.45, 2.75) is 77.8 Å². The summed E-state index contributed by atoms with van der Waals surface area (Å²) >= 11 is 0. The molecule has 2 heteroatoms. The molecule has 4 aliphatic carbocycles. The molecule has 0 aliphatic heterocycles. The lowest BCUT2D eigenvalue weighted by atomic mass is 9.45. The molecule has 0 N–H and O–H groups in total. The van der Waals surface area contributed by atoms with Crippen molar-refractivity contribution in [2.75, 3.05) is 0 Å². The van der Waals surface area contributed by atoms with E-state index in [0.717, 1.165) is 18.3 Å². The Morgan fingerprint density at radius 2 is 1.81 bits per heavy atom. The van der Waals surface area contributed by atoms with Crippen LogP contribution < -0.4 is 0 Å². The highest BCUT2D eigenvalue weighted by Crippen LogP contribution is 2.65. The number of hydrogen-bond donors (Lipinski definition) is 0. The number of alkyl halides is 1. The minimum Gasteiger partial charge on any atom is -0.296 e. The second-order valence-electron chi connectivity index (χ2n) is 8.93. The van der Waals surface area contributed by atoms with Crippen molar-refractivity contribution in [2.24, 2.45) is 34.5 Å². The van der Waals surface area contributed by atoms with E-state index in [4.69, 9.17) is 0 Å². The van der Waals surface area contributed by atoms with Crippen LogP contribution >= 0.6 is 0 Å². The Bertz CT molecular complexity index is 460. The van der Waals surface area contributed by atoms with E-state index in [1.807, 2.05) is 0 Å². The average molecular weight is 292 g/mol. The van der Waals surface area contributed by atoms with Crippen LogP contribution in [0.15, 0.2) is 0 Å². The van der Waals surface area contributed by atoms with Gasteiger partial charge in [0, 0.05) is 5.41 Å². The van der Waals surface area contributed by atoms with Crippen molar-refractivity contribution >= 4 is 5.78 Å². The van der Waals surface area contributed by atoms with Gasteiger partial charge in [0.15, 0.2) is 12.0 Å². The van der Waals surface area contributed by atoms with Gasteiger partial charge in [-0.3, -0.25) is 4.79 Å². The fourth-order valence-electron chi connectivity index (χ4n) is 7.04. The quantitative estimate of drug-likeness (QED) is 0.618. The highest BCUT2D eigenvalue weighted by molar-refractivity contribution is 5.91. The molecule has 21 heavy (non-hydrogen) atoms. The molecule has 4 fully saturated rings. The molecule has 7 atom stereocenters. The average Bonchev–Trinajstić information content (AvgIpc) is 2.70. The van der Waals surface area contributed by atoms with Crippen molar-refractivity contribution in [3.8, 4) is 0 Å². The van der Waals surface area contributed by atoms with Crippen molar-refractivity contribution in [3.63, 3.8) is 0 Å². The molecule has 0 radical (unpaired) electrons. The highest BCUT2D eigenvalue weighted by Gasteiger charge is 2.62. The molecule has 0 spiro atoms. The molecule has 118 valence electrons. The van der Waals surface area contributed by atoms with Gasteiger partial charge in [0.25, 0.3) is 0 Å². The Hall–Kier alpha value is -0.400. The molecular formula is C19H29FO. The van der Waals surface area contributed by atoms with E-state index in [9.17, 15) is 9.18 Å². The monoisotopic (exact) mass is 292 g/mol. The second-order valence-corrected chi connectivity index (χ2v) is 8.93. The molecule has 0 amide bonds. The summed E-state index contributed by atoms with van der Waals surface area (Å²) in [7, 11) is 0. The number of fused-ring (bicyclic) bond motifs is 5. The maximum atomic E-state index is 14.1. The van der Waals surface area contributed by atoms with Crippen molar-refractivity contribution in [3.05, 3.63) is 0 Å². The van der Waals surface area contributed by atoms with Crippen molar-refractivity contribution in [1.82, 2.24) is 0 Å². The molecule has 0 aromatic rings. The topological polar surface area (TPSA) is 17.1 Å². The summed E-state index contributed by atoms with van der Waals surface area (Å²) < 4.78 is 14.1. The first-order valence-corrected chi connectivity index (χ1v) is 9.15. The zero-order chi connectivity index (χ0) is 14.8. The molecular weight excluding hydrogens is 263 g/mol. The van der Waals surface area contributed by atoms with Crippen LogP contribution in [-0.4, -0.2) is 12.0 Å². The van der Waals surface area contributed by atoms with Gasteiger partial charge in [0.1, 0.15) is 0 Å². The first-order valence-electron chi connectivity index (χ1n) is 9.15. The maximum Gasteiger partial charge on any atom is 0.173 e. The Kier molecular flexibility index (Phi) is 3.08. The third-order valence-electron chi connectivity index (χ3n) is 8.28. The molecule has 0 heterocycles. The van der Waals surface area contributed by atoms with E-state index in [-0.39, 0.29) is 11.2 Å². The van der Waals surface area contributed by atoms with E-state index in [1.165, 1.54) is 44.9 Å². The molecule has 0 aromatic carbocycles. The van der Waals surface area contributed by atoms with Gasteiger partial charge in [-0.05, 0) is 74.0 Å². The summed E-state index contributed by atoms with van der Waals surface area (Å²) in [5, 5.41) is 0. The van der Waals surface area contributed by atoms with Gasteiger partial charge < -0.3 is 0 Å². The molecule has 4 aliphatic rings. The summed E-state index contributed by atoms with van der Waals surface area (Å²) in [5.74, 6) is 2.54. The van der Waals surface area contributed by atoms with Gasteiger partial charge in [0.2, 0.25) is 0 Å². The lowest BCUT2D eigenvalue weighted by Crippen LogP contribution is -2.52. The molecule has 0 bridgehead atoms. The van der Waals surface area contributed by atoms with Crippen molar-refractivity contribution < 1.29 is 9.18 Å². The van der Waals surface area contributed by atoms with Crippen LogP contribution in [0.4, 0.5) is 4.39 Å². The highest BCUT2D eigenvalue weighted by atomic mass is 19.1. The van der Waals surface area contributed by atoms with Crippen LogP contribution in [0, 0.1) is 34.5 Å². The SMILES string of the molecule is C[C@]12CCCCC1CC[C@@H]1[C@@H]2CC[C@]2(C)C(=O)[C@H](F)C[C@@H]12. The summed E-state index contributed by atoms with van der Waals surface area (Å²) in [6.07, 6.45) is 9.62. The third kappa shape index (κ3) is 1.77. The largest absolute Gasteiger partial charge is 0.296 e. The number of carbonyl (C=O) groups is 1. The Labute approximate surface area is 128 Å². The van der Waals surface area contributed by atoms with Gasteiger partial charge in [0.05, 0.1) is 0 Å². The zero-order valence-corrected chi connectivity index (χ0v) is 13.5. The lowest BCUT2D eigenvalue weighted by Gasteiger charge is -2.59. The molecule has 0 aromatic heterocycles. The van der Waals surface area contributed by atoms with Gasteiger partial charge in [-0.15, -0.1) is 0 Å². The number of rotatable bonds is 0. The summed E-state index contributed by atoms with van der Waals surface area (Å²) in [5.41, 5.74) is 0.151. The number of halogens is 1. The fourth-order valence-corrected chi connectivity index (χ4v) is 7.04. The number of Topliss-reactive ketones (excluding diaryl/α,β-unsaturated/α-hetero) is 1. The van der Waals surface area contributed by atoms with Crippen LogP contribution in [0.3, 0.4) is 0 Å². The third-order valence-corrected chi connectivity index (χ3v) is 8.28. The van der Waals surface area contributed by atoms with Gasteiger partial charge in [-0.2, -0.15) is 0 Å². The standard InChI is InChI=1S/C19H29FO/c1-18-9-4-3-5-12(18)6-7-13-14(18)8-10-19(2)15(13)11-16(20)17(19)21/h12-16H,3-11H2,1-2H3/t12?,13-,14+,15+,16-,18+,19+/m1/s1. The van der Waals surface area contributed by atoms with E-state index in [2.05, 4.69) is 13.8 Å². The Morgan fingerprint density at radius 3 is 2.62 bits per heavy atom. The lowest BCUT2D eigenvalue weighted by molar-refractivity contribution is -0.140. The van der Waals surface area contributed by atoms with Crippen LogP contribution in [0.5, 0.6) is 0 Å². The Balaban J connectivity index is 1.67. The molecule has 1 unspecified atom stereocenters. The molecule has 0 saturated heterocycles. The molecule has 4 saturated carbocycles. The zero-order valence-electron chi connectivity index (χ0n) is 13.5. The van der Waals surface area contributed by atoms with E-state index >= 15 is 0 Å². The second kappa shape index (κ2) is 4.55. The predicted octanol–water partition coefficient (Wildman–Crippen LogP) is 4.94. The number of hydrogen-bond acceptors (Lipinski definition) is 1. The van der Waals surface area contributed by atoms with Crippen LogP contribution in [-0.2, 0) is 4.79 Å². The normalized spacial score (nSPS) is 56.5. The number of carbonyl (C=O) groups excluding carboxylic acids is 1. The summed E-state index contributed by atoms with van der Waals surface area (Å²) in [6, 6.07) is 0. The van der Waals surface area contributed by atoms with Crippen LogP contribution in [0.1, 0.15) is 71.6 Å². The minimum absolute atomic E-state index is 0.0677. The molecule has 4 rings (SSSR count). The first kappa shape index (κ1) is 14.2. The maximum absolute atomic E-state index is 14.1. The first-order chi connectivity index (χ1) is 9.97. The predicted molar refractivity (Wildman–Crippen MR) is 81.6 cm³/mol. The van der Waals surface area contributed by atoms with Crippen molar-refractivity contribution in [1.29, 1.82) is 0 Å². The number of ketones is 1. The van der Waals surface area contributed by atoms with Crippen LogP contribution in [0.2, 0.25) is 0 Å². The minimum atomic E-state index is -1.17. The van der Waals surface area contributed by atoms with E-state index in [0.29, 0.717) is 23.7 Å².